The number of benzene rings is 2. The summed E-state index contributed by atoms with van der Waals surface area (Å²) in [6, 6.07) is 10.5. The third-order valence-electron chi connectivity index (χ3n) is 2.77. The van der Waals surface area contributed by atoms with Gasteiger partial charge in [0, 0.05) is 16.1 Å². The first kappa shape index (κ1) is 12.5. The Kier molecular flexibility index (Phi) is 3.58. The molecule has 0 bridgehead atoms. The normalized spacial score (nSPS) is 10.1. The lowest BCUT2D eigenvalue weighted by atomic mass is 9.95. The first-order chi connectivity index (χ1) is 8.65. The summed E-state index contributed by atoms with van der Waals surface area (Å²) in [7, 11) is 0. The molecule has 0 aliphatic carbocycles. The quantitative estimate of drug-likeness (QED) is 0.782. The number of carbonyl (C=O) groups is 2. The van der Waals surface area contributed by atoms with Gasteiger partial charge in [-0.15, -0.1) is 0 Å². The van der Waals surface area contributed by atoms with Gasteiger partial charge >= 0.3 is 0 Å². The summed E-state index contributed by atoms with van der Waals surface area (Å²) >= 11 is 5.95. The van der Waals surface area contributed by atoms with Crippen LogP contribution in [0.25, 0.3) is 11.1 Å². The highest BCUT2D eigenvalue weighted by Gasteiger charge is 2.10. The maximum Gasteiger partial charge on any atom is 0.150 e. The monoisotopic (exact) mass is 258 g/mol. The van der Waals surface area contributed by atoms with Crippen LogP contribution in [0.5, 0.6) is 0 Å². The number of hydrogen-bond acceptors (Lipinski definition) is 2. The maximum absolute atomic E-state index is 11.1. The van der Waals surface area contributed by atoms with E-state index in [1.165, 1.54) is 0 Å². The molecule has 2 nitrogen and oxygen atoms in total. The fraction of sp³-hybridized carbons (Fsp3) is 0.0667. The molecule has 0 fully saturated rings. The van der Waals surface area contributed by atoms with Gasteiger partial charge in [0.1, 0.15) is 0 Å². The van der Waals surface area contributed by atoms with Crippen LogP contribution in [0.15, 0.2) is 36.4 Å². The van der Waals surface area contributed by atoms with E-state index in [0.717, 1.165) is 23.7 Å². The fourth-order valence-corrected chi connectivity index (χ4v) is 2.04. The summed E-state index contributed by atoms with van der Waals surface area (Å²) in [6.45, 7) is 1.93. The molecule has 0 radical (unpaired) electrons. The van der Waals surface area contributed by atoms with Crippen molar-refractivity contribution in [1.82, 2.24) is 0 Å². The second kappa shape index (κ2) is 5.15. The van der Waals surface area contributed by atoms with Gasteiger partial charge in [0.05, 0.1) is 0 Å². The summed E-state index contributed by atoms with van der Waals surface area (Å²) in [5, 5.41) is 0.536. The summed E-state index contributed by atoms with van der Waals surface area (Å²) < 4.78 is 0. The van der Waals surface area contributed by atoms with E-state index in [9.17, 15) is 9.59 Å². The van der Waals surface area contributed by atoms with Crippen LogP contribution in [0.3, 0.4) is 0 Å². The van der Waals surface area contributed by atoms with Crippen molar-refractivity contribution in [3.8, 4) is 11.1 Å². The predicted molar refractivity (Wildman–Crippen MR) is 72.4 cm³/mol. The lowest BCUT2D eigenvalue weighted by Gasteiger charge is -2.09. The SMILES string of the molecule is Cc1ccc(C=O)c(-c2cc(Cl)ccc2C=O)c1. The van der Waals surface area contributed by atoms with E-state index >= 15 is 0 Å². The van der Waals surface area contributed by atoms with Crippen LogP contribution < -0.4 is 0 Å². The molecule has 3 heteroatoms. The Balaban J connectivity index is 2.74. The van der Waals surface area contributed by atoms with Crippen molar-refractivity contribution in [3.63, 3.8) is 0 Å². The number of aldehydes is 2. The van der Waals surface area contributed by atoms with E-state index in [0.29, 0.717) is 21.7 Å². The standard InChI is InChI=1S/C15H11ClO2/c1-10-2-3-11(8-17)14(6-10)15-7-13(16)5-4-12(15)9-18/h2-9H,1H3. The van der Waals surface area contributed by atoms with Crippen LogP contribution in [-0.2, 0) is 0 Å². The molecule has 18 heavy (non-hydrogen) atoms. The number of carbonyl (C=O) groups excluding carboxylic acids is 2. The third-order valence-corrected chi connectivity index (χ3v) is 3.00. The average Bonchev–Trinajstić information content (AvgIpc) is 2.38. The molecule has 0 N–H and O–H groups in total. The molecule has 0 amide bonds. The number of aryl methyl sites for hydroxylation is 1. The van der Waals surface area contributed by atoms with Gasteiger partial charge in [-0.3, -0.25) is 9.59 Å². The Morgan fingerprint density at radius 1 is 0.889 bits per heavy atom. The van der Waals surface area contributed by atoms with Gasteiger partial charge in [-0.1, -0.05) is 35.4 Å². The highest BCUT2D eigenvalue weighted by Crippen LogP contribution is 2.29. The topological polar surface area (TPSA) is 34.1 Å². The van der Waals surface area contributed by atoms with Crippen LogP contribution in [0.4, 0.5) is 0 Å². The van der Waals surface area contributed by atoms with Gasteiger partial charge in [-0.2, -0.15) is 0 Å². The highest BCUT2D eigenvalue weighted by molar-refractivity contribution is 6.31. The largest absolute Gasteiger partial charge is 0.298 e. The Hall–Kier alpha value is -1.93. The van der Waals surface area contributed by atoms with Gasteiger partial charge in [-0.25, -0.2) is 0 Å². The molecule has 0 saturated heterocycles. The van der Waals surface area contributed by atoms with Crippen LogP contribution in [0.1, 0.15) is 26.3 Å². The molecule has 0 heterocycles. The molecule has 90 valence electrons. The van der Waals surface area contributed by atoms with E-state index < -0.39 is 0 Å². The molecule has 2 aromatic carbocycles. The van der Waals surface area contributed by atoms with Crippen molar-refractivity contribution in [2.75, 3.05) is 0 Å². The zero-order valence-corrected chi connectivity index (χ0v) is 10.6. The number of hydrogen-bond donors (Lipinski definition) is 0. The van der Waals surface area contributed by atoms with E-state index in [2.05, 4.69) is 0 Å². The minimum Gasteiger partial charge on any atom is -0.298 e. The van der Waals surface area contributed by atoms with Gasteiger partial charge in [0.15, 0.2) is 12.6 Å². The molecule has 0 aliphatic rings. The molecule has 0 unspecified atom stereocenters. The fourth-order valence-electron chi connectivity index (χ4n) is 1.87. The van der Waals surface area contributed by atoms with E-state index in [1.54, 1.807) is 24.3 Å². The zero-order chi connectivity index (χ0) is 13.1. The lowest BCUT2D eigenvalue weighted by Crippen LogP contribution is -1.93. The Bertz CT molecular complexity index is 562. The second-order valence-corrected chi connectivity index (χ2v) is 4.49. The van der Waals surface area contributed by atoms with Crippen molar-refractivity contribution in [2.24, 2.45) is 0 Å². The predicted octanol–water partition coefficient (Wildman–Crippen LogP) is 3.94. The summed E-state index contributed by atoms with van der Waals surface area (Å²) in [5.41, 5.74) is 3.50. The lowest BCUT2D eigenvalue weighted by molar-refractivity contribution is 0.111. The first-order valence-corrected chi connectivity index (χ1v) is 5.84. The summed E-state index contributed by atoms with van der Waals surface area (Å²) in [5.74, 6) is 0. The molecule has 2 rings (SSSR count). The third kappa shape index (κ3) is 2.34. The van der Waals surface area contributed by atoms with Gasteiger partial charge in [0.25, 0.3) is 0 Å². The average molecular weight is 259 g/mol. The van der Waals surface area contributed by atoms with Crippen LogP contribution in [-0.4, -0.2) is 12.6 Å². The van der Waals surface area contributed by atoms with Crippen molar-refractivity contribution < 1.29 is 9.59 Å². The molecule has 2 aromatic rings. The van der Waals surface area contributed by atoms with Crippen molar-refractivity contribution in [3.05, 3.63) is 58.1 Å². The Morgan fingerprint density at radius 2 is 1.44 bits per heavy atom. The van der Waals surface area contributed by atoms with Gasteiger partial charge < -0.3 is 0 Å². The smallest absolute Gasteiger partial charge is 0.150 e. The van der Waals surface area contributed by atoms with E-state index in [1.807, 2.05) is 19.1 Å². The Morgan fingerprint density at radius 3 is 2.06 bits per heavy atom. The molecule has 0 aromatic heterocycles. The molecule has 0 aliphatic heterocycles. The van der Waals surface area contributed by atoms with Gasteiger partial charge in [-0.05, 0) is 36.2 Å². The molecule has 0 saturated carbocycles. The molecular formula is C15H11ClO2. The number of rotatable bonds is 3. The molecular weight excluding hydrogens is 248 g/mol. The van der Waals surface area contributed by atoms with Crippen molar-refractivity contribution in [1.29, 1.82) is 0 Å². The summed E-state index contributed by atoms with van der Waals surface area (Å²) in [6.07, 6.45) is 1.55. The van der Waals surface area contributed by atoms with E-state index in [4.69, 9.17) is 11.6 Å². The van der Waals surface area contributed by atoms with Crippen molar-refractivity contribution >= 4 is 24.2 Å². The van der Waals surface area contributed by atoms with Gasteiger partial charge in [0.2, 0.25) is 0 Å². The highest BCUT2D eigenvalue weighted by atomic mass is 35.5. The van der Waals surface area contributed by atoms with Crippen LogP contribution in [0.2, 0.25) is 5.02 Å². The van der Waals surface area contributed by atoms with Crippen LogP contribution in [0, 0.1) is 6.92 Å². The minimum absolute atomic E-state index is 0.521. The molecule has 0 atom stereocenters. The summed E-state index contributed by atoms with van der Waals surface area (Å²) in [4.78, 5) is 22.1. The molecule has 0 spiro atoms. The minimum atomic E-state index is 0.521. The zero-order valence-electron chi connectivity index (χ0n) is 9.81. The first-order valence-electron chi connectivity index (χ1n) is 5.46. The second-order valence-electron chi connectivity index (χ2n) is 4.06. The van der Waals surface area contributed by atoms with Crippen LogP contribution >= 0.6 is 11.6 Å². The number of halogens is 1. The van der Waals surface area contributed by atoms with E-state index in [-0.39, 0.29) is 0 Å². The maximum atomic E-state index is 11.1. The van der Waals surface area contributed by atoms with Crippen molar-refractivity contribution in [2.45, 2.75) is 6.92 Å². The Labute approximate surface area is 110 Å².